The fourth-order valence-corrected chi connectivity index (χ4v) is 3.13. The van der Waals surface area contributed by atoms with Crippen molar-refractivity contribution in [1.82, 2.24) is 0 Å². The van der Waals surface area contributed by atoms with E-state index >= 15 is 0 Å². The molecule has 3 aromatic carbocycles. The van der Waals surface area contributed by atoms with Crippen molar-refractivity contribution in [2.75, 3.05) is 0 Å². The minimum absolute atomic E-state index is 0.0914. The minimum atomic E-state index is -5.00. The van der Waals surface area contributed by atoms with Crippen LogP contribution < -0.4 is 11.2 Å². The van der Waals surface area contributed by atoms with Crippen LogP contribution in [-0.4, -0.2) is 17.2 Å². The van der Waals surface area contributed by atoms with Gasteiger partial charge in [0.25, 0.3) is 0 Å². The summed E-state index contributed by atoms with van der Waals surface area (Å²) in [6, 6.07) is 8.00. The van der Waals surface area contributed by atoms with E-state index in [-0.39, 0.29) is 41.9 Å². The second-order valence-corrected chi connectivity index (χ2v) is 7.91. The van der Waals surface area contributed by atoms with Crippen molar-refractivity contribution in [2.24, 2.45) is 5.73 Å². The van der Waals surface area contributed by atoms with Crippen LogP contribution in [0.1, 0.15) is 27.8 Å². The molecule has 0 heterocycles. The minimum Gasteiger partial charge on any atom is -0.423 e. The van der Waals surface area contributed by atoms with E-state index in [1.807, 2.05) is 0 Å². The average Bonchev–Trinajstić information content (AvgIpc) is 2.81. The summed E-state index contributed by atoms with van der Waals surface area (Å²) < 4.78 is 150. The Bertz CT molecular complexity index is 1220. The summed E-state index contributed by atoms with van der Waals surface area (Å²) in [7, 11) is -2.40. The normalized spacial score (nSPS) is 12.6. The van der Waals surface area contributed by atoms with Gasteiger partial charge in [0.15, 0.2) is 0 Å². The number of alkyl halides is 12. The fraction of sp³-hybridized carbons (Fsp3) is 0.217. The Morgan fingerprint density at radius 1 is 0.538 bits per heavy atom. The van der Waals surface area contributed by atoms with E-state index in [4.69, 9.17) is 15.8 Å². The lowest BCUT2D eigenvalue weighted by atomic mass is 9.78. The van der Waals surface area contributed by atoms with Gasteiger partial charge in [-0.15, -0.1) is 0 Å². The highest BCUT2D eigenvalue weighted by molar-refractivity contribution is 6.58. The molecule has 39 heavy (non-hydrogen) atoms. The molecule has 212 valence electrons. The van der Waals surface area contributed by atoms with Gasteiger partial charge in [0.1, 0.15) is 0 Å². The van der Waals surface area contributed by atoms with Crippen molar-refractivity contribution >= 4 is 12.6 Å². The summed E-state index contributed by atoms with van der Waals surface area (Å²) in [4.78, 5) is 0. The number of nitrogens with two attached hydrogens (primary N) is 1. The van der Waals surface area contributed by atoms with Crippen LogP contribution in [0, 0.1) is 0 Å². The number of hydrogen-bond acceptors (Lipinski definition) is 3. The highest BCUT2D eigenvalue weighted by Crippen LogP contribution is 2.39. The molecule has 0 amide bonds. The summed E-state index contributed by atoms with van der Waals surface area (Å²) in [5.74, 6) is 0. The summed E-state index contributed by atoms with van der Waals surface area (Å²) >= 11 is 0. The Hall–Kier alpha value is -3.24. The van der Waals surface area contributed by atoms with Gasteiger partial charge >= 0.3 is 31.8 Å². The molecule has 0 bridgehead atoms. The Morgan fingerprint density at radius 3 is 1.26 bits per heavy atom. The third-order valence-corrected chi connectivity index (χ3v) is 4.99. The first kappa shape index (κ1) is 32.0. The second kappa shape index (κ2) is 11.5. The standard InChI is InChI=1S/C15H11F6N.C8H5BF6O2/c16-14(17,18)12-5-11(6-13(7-12)15(19,20)21)10-3-1-2-9(4-10)8-22;10-7(11,12)4-1-5(8(13,14)15)3-6(2-4)9(16)17/h1-7H,8,22H2;1-3,16-17H. The van der Waals surface area contributed by atoms with Gasteiger partial charge in [0, 0.05) is 6.54 Å². The third-order valence-electron chi connectivity index (χ3n) is 4.99. The first-order valence-corrected chi connectivity index (χ1v) is 10.4. The molecule has 0 aliphatic heterocycles. The smallest absolute Gasteiger partial charge is 0.423 e. The lowest BCUT2D eigenvalue weighted by molar-refractivity contribution is -0.144. The molecule has 0 saturated heterocycles. The van der Waals surface area contributed by atoms with E-state index in [0.717, 1.165) is 0 Å². The van der Waals surface area contributed by atoms with Gasteiger partial charge in [-0.25, -0.2) is 0 Å². The molecule has 0 unspecified atom stereocenters. The molecular weight excluding hydrogens is 561 g/mol. The maximum absolute atomic E-state index is 12.8. The van der Waals surface area contributed by atoms with Gasteiger partial charge in [0.05, 0.1) is 22.3 Å². The molecule has 0 atom stereocenters. The van der Waals surface area contributed by atoms with Crippen LogP contribution in [0.4, 0.5) is 52.7 Å². The second-order valence-electron chi connectivity index (χ2n) is 7.91. The average molecular weight is 577 g/mol. The van der Waals surface area contributed by atoms with Crippen LogP contribution in [0.3, 0.4) is 0 Å². The van der Waals surface area contributed by atoms with Crippen molar-refractivity contribution in [1.29, 1.82) is 0 Å². The SMILES string of the molecule is NCc1cccc(-c2cc(C(F)(F)F)cc(C(F)(F)F)c2)c1.OB(O)c1cc(C(F)(F)F)cc(C(F)(F)F)c1. The molecule has 4 N–H and O–H groups in total. The van der Waals surface area contributed by atoms with Gasteiger partial charge in [-0.1, -0.05) is 30.3 Å². The summed E-state index contributed by atoms with van der Waals surface area (Å²) in [5, 5.41) is 17.2. The highest BCUT2D eigenvalue weighted by atomic mass is 19.4. The quantitative estimate of drug-likeness (QED) is 0.255. The third kappa shape index (κ3) is 8.90. The zero-order chi connectivity index (χ0) is 30.0. The Kier molecular flexibility index (Phi) is 9.41. The Morgan fingerprint density at radius 2 is 0.923 bits per heavy atom. The Balaban J connectivity index is 0.000000283. The maximum Gasteiger partial charge on any atom is 0.488 e. The molecule has 3 nitrogen and oxygen atoms in total. The molecule has 0 aliphatic carbocycles. The van der Waals surface area contributed by atoms with Crippen molar-refractivity contribution < 1.29 is 62.7 Å². The summed E-state index contributed by atoms with van der Waals surface area (Å²) in [6.07, 6.45) is -19.7. The molecule has 0 spiro atoms. The van der Waals surface area contributed by atoms with Crippen molar-refractivity contribution in [2.45, 2.75) is 31.2 Å². The van der Waals surface area contributed by atoms with Gasteiger partial charge in [0.2, 0.25) is 0 Å². The van der Waals surface area contributed by atoms with Crippen LogP contribution >= 0.6 is 0 Å². The van der Waals surface area contributed by atoms with Gasteiger partial charge < -0.3 is 15.8 Å². The predicted molar refractivity (Wildman–Crippen MR) is 116 cm³/mol. The molecular formula is C23H16BF12NO2. The molecule has 3 aromatic rings. The van der Waals surface area contributed by atoms with Crippen LogP contribution in [-0.2, 0) is 31.2 Å². The highest BCUT2D eigenvalue weighted by Gasteiger charge is 2.38. The molecule has 3 rings (SSSR count). The first-order chi connectivity index (χ1) is 17.6. The maximum atomic E-state index is 12.8. The predicted octanol–water partition coefficient (Wildman–Crippen LogP) is 6.25. The number of benzene rings is 3. The van der Waals surface area contributed by atoms with E-state index in [1.165, 1.54) is 18.2 Å². The van der Waals surface area contributed by atoms with E-state index < -0.39 is 59.5 Å². The largest absolute Gasteiger partial charge is 0.488 e. The topological polar surface area (TPSA) is 66.5 Å². The lowest BCUT2D eigenvalue weighted by Crippen LogP contribution is -2.32. The summed E-state index contributed by atoms with van der Waals surface area (Å²) in [5.41, 5.74) is -0.575. The van der Waals surface area contributed by atoms with Gasteiger partial charge in [-0.3, -0.25) is 0 Å². The Labute approximate surface area is 212 Å². The number of rotatable bonds is 3. The fourth-order valence-electron chi connectivity index (χ4n) is 3.13. The van der Waals surface area contributed by atoms with E-state index in [2.05, 4.69) is 0 Å². The van der Waals surface area contributed by atoms with E-state index in [9.17, 15) is 52.7 Å². The first-order valence-electron chi connectivity index (χ1n) is 10.4. The molecule has 0 radical (unpaired) electrons. The van der Waals surface area contributed by atoms with E-state index in [1.54, 1.807) is 6.07 Å². The van der Waals surface area contributed by atoms with E-state index in [0.29, 0.717) is 17.7 Å². The van der Waals surface area contributed by atoms with Gasteiger partial charge in [-0.05, 0) is 52.5 Å². The van der Waals surface area contributed by atoms with Crippen molar-refractivity contribution in [3.63, 3.8) is 0 Å². The molecule has 0 aromatic heterocycles. The zero-order valence-corrected chi connectivity index (χ0v) is 19.1. The van der Waals surface area contributed by atoms with Crippen LogP contribution in [0.2, 0.25) is 0 Å². The lowest BCUT2D eigenvalue weighted by Gasteiger charge is -2.14. The zero-order valence-electron chi connectivity index (χ0n) is 19.1. The van der Waals surface area contributed by atoms with Crippen molar-refractivity contribution in [3.05, 3.63) is 88.5 Å². The van der Waals surface area contributed by atoms with Crippen LogP contribution in [0.25, 0.3) is 11.1 Å². The monoisotopic (exact) mass is 577 g/mol. The molecule has 0 saturated carbocycles. The van der Waals surface area contributed by atoms with Crippen molar-refractivity contribution in [3.8, 4) is 11.1 Å². The molecule has 16 heteroatoms. The molecule has 0 fully saturated rings. The number of halogens is 12. The van der Waals surface area contributed by atoms with Gasteiger partial charge in [-0.2, -0.15) is 52.7 Å². The molecule has 0 aliphatic rings. The van der Waals surface area contributed by atoms with Crippen LogP contribution in [0.5, 0.6) is 0 Å². The summed E-state index contributed by atoms with van der Waals surface area (Å²) in [6.45, 7) is 0.138. The van der Waals surface area contributed by atoms with Crippen LogP contribution in [0.15, 0.2) is 60.7 Å². The number of hydrogen-bond donors (Lipinski definition) is 3.